The summed E-state index contributed by atoms with van der Waals surface area (Å²) in [5, 5.41) is 73.4. The molecule has 3 fully saturated rings. The normalized spacial score (nSPS) is 25.7. The highest BCUT2D eigenvalue weighted by Crippen LogP contribution is 2.32. The number of carbonyl (C=O) groups is 17. The number of amides is 16. The Bertz CT molecular complexity index is 5070. The number of para-hydroxylation sites is 1. The number of phenolic OH excluding ortho intramolecular Hbond substituents is 1. The maximum atomic E-state index is 15.7. The molecule has 0 radical (unpaired) electrons. The molecule has 20 N–H and O–H groups in total. The molecule has 131 heavy (non-hydrogen) atoms. The second-order valence-corrected chi connectivity index (χ2v) is 35.6. The number of nitrogens with one attached hydrogen (secondary N) is 12. The second-order valence-electron chi connectivity index (χ2n) is 33.7. The number of likely N-dealkylation sites (N-methyl/N-ethyl adjacent to an activating group) is 3. The molecule has 710 valence electrons. The van der Waals surface area contributed by atoms with Gasteiger partial charge in [-0.1, -0.05) is 102 Å². The number of thioether (sulfide) groups is 1. The molecular formula is C88H120N20O21S2. The Morgan fingerprint density at radius 1 is 0.618 bits per heavy atom. The Kier molecular flexibility index (Phi) is 37.4. The molecule has 41 nitrogen and oxygen atoms in total. The fraction of sp³-hybridized carbons (Fsp3) is 0.523. The number of hydrogen-bond acceptors (Lipinski definition) is 25. The molecule has 3 aliphatic heterocycles. The van der Waals surface area contributed by atoms with Crippen LogP contribution in [0.3, 0.4) is 0 Å². The van der Waals surface area contributed by atoms with Gasteiger partial charge in [0, 0.05) is 99.4 Å². The number of aliphatic hydroxyl groups is 3. The third kappa shape index (κ3) is 27.1. The van der Waals surface area contributed by atoms with Crippen molar-refractivity contribution in [3.8, 4) is 5.75 Å². The second kappa shape index (κ2) is 47.9. The van der Waals surface area contributed by atoms with E-state index in [-0.39, 0.29) is 70.1 Å². The molecule has 15 atom stereocenters. The summed E-state index contributed by atoms with van der Waals surface area (Å²) in [6.45, 7) is 4.72. The van der Waals surface area contributed by atoms with E-state index in [0.29, 0.717) is 70.6 Å². The monoisotopic (exact) mass is 1860 g/mol. The first-order valence-electron chi connectivity index (χ1n) is 43.6. The Labute approximate surface area is 764 Å². The summed E-state index contributed by atoms with van der Waals surface area (Å²) in [5.74, 6) is -17.3. The number of imidazole rings is 1. The van der Waals surface area contributed by atoms with Crippen molar-refractivity contribution < 1.29 is 102 Å². The fourth-order valence-corrected chi connectivity index (χ4v) is 18.1. The number of thiophene rings is 1. The molecule has 3 aromatic carbocycles. The van der Waals surface area contributed by atoms with Gasteiger partial charge < -0.3 is 114 Å². The molecule has 3 aromatic heterocycles. The van der Waals surface area contributed by atoms with Crippen molar-refractivity contribution in [1.82, 2.24) is 92.6 Å². The maximum absolute atomic E-state index is 15.7. The maximum Gasteiger partial charge on any atom is 0.247 e. The zero-order valence-corrected chi connectivity index (χ0v) is 76.0. The summed E-state index contributed by atoms with van der Waals surface area (Å²) in [7, 11) is 3.85. The highest BCUT2D eigenvalue weighted by Gasteiger charge is 2.52. The van der Waals surface area contributed by atoms with Crippen LogP contribution in [0, 0.1) is 5.92 Å². The van der Waals surface area contributed by atoms with Crippen LogP contribution in [0.25, 0.3) is 21.0 Å². The molecule has 3 saturated heterocycles. The van der Waals surface area contributed by atoms with Crippen LogP contribution in [0.15, 0.2) is 96.9 Å². The van der Waals surface area contributed by atoms with Crippen LogP contribution in [0.4, 0.5) is 0 Å². The van der Waals surface area contributed by atoms with E-state index >= 15 is 28.8 Å². The summed E-state index contributed by atoms with van der Waals surface area (Å²) < 4.78 is 0.804. The molecule has 16 amide bonds. The van der Waals surface area contributed by atoms with E-state index in [9.17, 15) is 73.2 Å². The van der Waals surface area contributed by atoms with E-state index in [1.165, 1.54) is 76.2 Å². The number of primary amides is 2. The minimum Gasteiger partial charge on any atom is -0.508 e. The van der Waals surface area contributed by atoms with Gasteiger partial charge in [-0.25, -0.2) is 4.98 Å². The van der Waals surface area contributed by atoms with E-state index < -0.39 is 241 Å². The number of aldehydes is 1. The number of rotatable bonds is 24. The SMILES string of the molecule is CCCC[C@H]1C(=O)N(C)[C@@H](CCCC)C(=O)N[C@@H](CO)C(=O)NC(C(=O)NCC(N)=O)CSCC(=O)N[C@@H](Cc2ccc(O)cc2)C(=O)N(C)[C@@H](C)C(=O)N[C@@H](CC(N)=O)C(=O)N2CCC[C@H]2C(=O)N[C@@H](Cc2cnc[nH]2)C(=O)N[C@@H](CC(C)C)C(=O)N2C[C@H](O)CC2(C=O)N[C@@H](Cc2c[nH]c3ccccc23)C(=O)N[C@@H](CO)C(=O)N[C@@H](Cc2csc3ccccc23)C(=O)N1C. The number of aliphatic hydroxyl groups excluding tert-OH is 3. The Morgan fingerprint density at radius 3 is 1.85 bits per heavy atom. The molecule has 0 aliphatic carbocycles. The number of H-pyrrole nitrogens is 2. The van der Waals surface area contributed by atoms with Crippen molar-refractivity contribution in [3.63, 3.8) is 0 Å². The number of nitrogens with two attached hydrogens (primary N) is 2. The summed E-state index contributed by atoms with van der Waals surface area (Å²) in [6, 6.07) is -1.14. The average Bonchev–Trinajstić information content (AvgIpc) is 1.61. The van der Waals surface area contributed by atoms with Crippen LogP contribution < -0.4 is 64.6 Å². The van der Waals surface area contributed by atoms with Crippen molar-refractivity contribution in [1.29, 1.82) is 0 Å². The van der Waals surface area contributed by atoms with Gasteiger partial charge in [0.25, 0.3) is 0 Å². The van der Waals surface area contributed by atoms with Crippen molar-refractivity contribution >= 4 is 145 Å². The first-order chi connectivity index (χ1) is 62.4. The molecule has 2 unspecified atom stereocenters. The summed E-state index contributed by atoms with van der Waals surface area (Å²) >= 11 is 2.07. The lowest BCUT2D eigenvalue weighted by molar-refractivity contribution is -0.149. The molecule has 0 spiro atoms. The predicted molar refractivity (Wildman–Crippen MR) is 481 cm³/mol. The number of hydrogen-bond donors (Lipinski definition) is 18. The number of unbranched alkanes of at least 4 members (excludes halogenated alkanes) is 2. The van der Waals surface area contributed by atoms with Gasteiger partial charge in [0.15, 0.2) is 11.9 Å². The standard InChI is InChI=1S/C88H120N20O21S2/c1-9-11-21-68-81(123)101-66(42-110)80(122)102-67(76(118)93-39-73(90)115)44-130-45-74(116)95-62(31-50-25-27-54(112)28-26-50)83(125)104(6)49(5)75(117)97-64(35-72(89)114)85(127)107-29-17-23-69(107)82(124)96-59(34-53-38-91-47-94-53)77(119)98-61(30-48(3)4)86(128)108-40-55(113)36-88(108,46-111)103-60(32-51-37-92-58-20-15-13-18-56(51)58)78(120)100-65(41-109)79(121)99-63(33-52-43-131-71-24-16-14-19-57(52)71)84(126)106(8)70(22-12-10-2)87(129)105(68)7/h13-16,18-20,24-28,37-38,43,46-49,55,59-70,92,103,109-110,112-113H,9-12,17,21-23,29-36,39-42,44-45H2,1-8H3,(H2,89,114)(H2,90,115)(H,91,94)(H,93,118)(H,95,116)(H,96,124)(H,97,117)(H,98,119)(H,99,121)(H,100,120)(H,101,123)(H,102,122)/t49-,55+,59-,60-,61-,62-,63-,64-,65-,66-,67?,68-,69-,70-,88?/m0/s1. The molecule has 6 heterocycles. The van der Waals surface area contributed by atoms with Crippen molar-refractivity contribution in [3.05, 3.63) is 119 Å². The van der Waals surface area contributed by atoms with Crippen LogP contribution in [0.2, 0.25) is 0 Å². The Balaban J connectivity index is 1.11. The first-order valence-corrected chi connectivity index (χ1v) is 45.6. The highest BCUT2D eigenvalue weighted by atomic mass is 32.2. The molecule has 9 rings (SSSR count). The molecule has 43 heteroatoms. The van der Waals surface area contributed by atoms with Gasteiger partial charge in [0.2, 0.25) is 94.5 Å². The van der Waals surface area contributed by atoms with Crippen LogP contribution in [-0.4, -0.2) is 316 Å². The van der Waals surface area contributed by atoms with Crippen LogP contribution in [0.1, 0.15) is 128 Å². The van der Waals surface area contributed by atoms with E-state index in [1.54, 1.807) is 61.8 Å². The number of phenols is 1. The lowest BCUT2D eigenvalue weighted by Crippen LogP contribution is -2.67. The topological polar surface area (TPSA) is 604 Å². The van der Waals surface area contributed by atoms with E-state index in [1.807, 2.05) is 26.0 Å². The van der Waals surface area contributed by atoms with Crippen molar-refractivity contribution in [2.45, 2.75) is 221 Å². The average molecular weight is 1860 g/mol. The smallest absolute Gasteiger partial charge is 0.247 e. The van der Waals surface area contributed by atoms with Crippen molar-refractivity contribution in [2.24, 2.45) is 17.4 Å². The summed E-state index contributed by atoms with van der Waals surface area (Å²) in [6.07, 6.45) is 2.07. The Hall–Kier alpha value is -12.5. The van der Waals surface area contributed by atoms with Crippen LogP contribution in [0.5, 0.6) is 5.75 Å². The van der Waals surface area contributed by atoms with E-state index in [0.717, 1.165) is 41.0 Å². The molecule has 0 saturated carbocycles. The fourth-order valence-electron chi connectivity index (χ4n) is 16.3. The lowest BCUT2D eigenvalue weighted by atomic mass is 9.98. The summed E-state index contributed by atoms with van der Waals surface area (Å²) in [5.41, 5.74) is 11.1. The first kappa shape index (κ1) is 102. The zero-order valence-electron chi connectivity index (χ0n) is 74.4. The van der Waals surface area contributed by atoms with E-state index in [4.69, 9.17) is 11.5 Å². The molecule has 0 bridgehead atoms. The van der Waals surface area contributed by atoms with Crippen LogP contribution >= 0.6 is 23.1 Å². The van der Waals surface area contributed by atoms with Gasteiger partial charge in [0.05, 0.1) is 50.4 Å². The van der Waals surface area contributed by atoms with Crippen molar-refractivity contribution in [2.75, 3.05) is 65.5 Å². The molecule has 3 aliphatic rings. The zero-order chi connectivity index (χ0) is 95.7. The van der Waals surface area contributed by atoms with Gasteiger partial charge in [-0.05, 0) is 103 Å². The van der Waals surface area contributed by atoms with Gasteiger partial charge in [-0.2, -0.15) is 0 Å². The molecule has 6 aromatic rings. The number of aromatic nitrogens is 3. The number of benzene rings is 3. The minimum atomic E-state index is -2.31. The van der Waals surface area contributed by atoms with Crippen LogP contribution in [-0.2, 0) is 107 Å². The number of fused-ring (bicyclic) bond motifs is 4. The quantitative estimate of drug-likeness (QED) is 0.0279. The van der Waals surface area contributed by atoms with Gasteiger partial charge in [-0.3, -0.25) is 86.8 Å². The number of carbonyl (C=O) groups excluding carboxylic acids is 17. The minimum absolute atomic E-state index is 0.0174. The summed E-state index contributed by atoms with van der Waals surface area (Å²) in [4.78, 5) is 264. The lowest BCUT2D eigenvalue weighted by Gasteiger charge is -2.39. The molecular weight excluding hydrogens is 1740 g/mol. The number of aromatic amines is 2. The van der Waals surface area contributed by atoms with Gasteiger partial charge in [-0.15, -0.1) is 23.1 Å². The largest absolute Gasteiger partial charge is 0.508 e. The number of aromatic hydroxyl groups is 1. The van der Waals surface area contributed by atoms with Gasteiger partial charge in [0.1, 0.15) is 78.3 Å². The highest BCUT2D eigenvalue weighted by molar-refractivity contribution is 8.00. The predicted octanol–water partition coefficient (Wildman–Crippen LogP) is -2.47. The third-order valence-corrected chi connectivity index (χ3v) is 25.6. The number of nitrogens with zero attached hydrogens (tertiary/aromatic N) is 6. The third-order valence-electron chi connectivity index (χ3n) is 23.5. The van der Waals surface area contributed by atoms with E-state index in [2.05, 4.69) is 68.1 Å². The Morgan fingerprint density at radius 2 is 1.21 bits per heavy atom. The van der Waals surface area contributed by atoms with Gasteiger partial charge >= 0.3 is 0 Å².